The molecule has 6 heteroatoms. The van der Waals surface area contributed by atoms with Crippen LogP contribution >= 0.6 is 0 Å². The molecule has 1 heterocycles. The highest BCUT2D eigenvalue weighted by atomic mass is 16.6. The van der Waals surface area contributed by atoms with E-state index in [1.54, 1.807) is 11.9 Å². The van der Waals surface area contributed by atoms with Gasteiger partial charge in [0.15, 0.2) is 5.96 Å². The fourth-order valence-electron chi connectivity index (χ4n) is 2.46. The number of aliphatic imine (C=N–C) groups is 1. The predicted molar refractivity (Wildman–Crippen MR) is 94.8 cm³/mol. The third kappa shape index (κ3) is 7.10. The van der Waals surface area contributed by atoms with Crippen molar-refractivity contribution in [1.29, 1.82) is 0 Å². The molecule has 0 atom stereocenters. The van der Waals surface area contributed by atoms with E-state index >= 15 is 0 Å². The van der Waals surface area contributed by atoms with Crippen molar-refractivity contribution in [2.24, 2.45) is 10.4 Å². The van der Waals surface area contributed by atoms with Gasteiger partial charge in [-0.3, -0.25) is 4.99 Å². The molecular weight excluding hydrogens is 292 g/mol. The van der Waals surface area contributed by atoms with Gasteiger partial charge in [-0.1, -0.05) is 13.8 Å². The van der Waals surface area contributed by atoms with Gasteiger partial charge in [0.2, 0.25) is 0 Å². The fourth-order valence-corrected chi connectivity index (χ4v) is 2.46. The number of hydrogen-bond acceptors (Lipinski definition) is 3. The lowest BCUT2D eigenvalue weighted by Crippen LogP contribution is -2.41. The summed E-state index contributed by atoms with van der Waals surface area (Å²) in [6, 6.07) is 0. The van der Waals surface area contributed by atoms with Crippen LogP contribution in [0.25, 0.3) is 0 Å². The first-order valence-electron chi connectivity index (χ1n) is 8.51. The molecule has 23 heavy (non-hydrogen) atoms. The first-order chi connectivity index (χ1) is 10.5. The van der Waals surface area contributed by atoms with Crippen LogP contribution in [0.2, 0.25) is 0 Å². The average Bonchev–Trinajstić information content (AvgIpc) is 2.76. The summed E-state index contributed by atoms with van der Waals surface area (Å²) in [5.74, 6) is 0.940. The van der Waals surface area contributed by atoms with E-state index in [1.165, 1.54) is 6.42 Å². The molecule has 0 aliphatic carbocycles. The molecule has 1 aliphatic heterocycles. The number of likely N-dealkylation sites (N-methyl/N-ethyl adjacent to an activating group) is 1. The van der Waals surface area contributed by atoms with Crippen molar-refractivity contribution in [3.05, 3.63) is 0 Å². The van der Waals surface area contributed by atoms with E-state index in [9.17, 15) is 4.79 Å². The highest BCUT2D eigenvalue weighted by molar-refractivity contribution is 5.80. The first-order valence-corrected chi connectivity index (χ1v) is 8.51. The van der Waals surface area contributed by atoms with Gasteiger partial charge in [0.05, 0.1) is 6.54 Å². The Kier molecular flexibility index (Phi) is 6.71. The Morgan fingerprint density at radius 1 is 1.39 bits per heavy atom. The van der Waals surface area contributed by atoms with Gasteiger partial charge in [0, 0.05) is 33.2 Å². The van der Waals surface area contributed by atoms with Gasteiger partial charge < -0.3 is 19.9 Å². The summed E-state index contributed by atoms with van der Waals surface area (Å²) in [6.45, 7) is 16.2. The molecule has 0 saturated carbocycles. The van der Waals surface area contributed by atoms with Gasteiger partial charge in [0.1, 0.15) is 5.60 Å². The number of amides is 1. The van der Waals surface area contributed by atoms with Crippen molar-refractivity contribution in [2.45, 2.75) is 53.6 Å². The lowest BCUT2D eigenvalue weighted by molar-refractivity contribution is 0.0304. The van der Waals surface area contributed by atoms with Gasteiger partial charge in [-0.2, -0.15) is 0 Å². The minimum atomic E-state index is -0.468. The summed E-state index contributed by atoms with van der Waals surface area (Å²) in [6.07, 6.45) is 0.870. The quantitative estimate of drug-likeness (QED) is 0.637. The van der Waals surface area contributed by atoms with E-state index in [0.29, 0.717) is 18.5 Å². The van der Waals surface area contributed by atoms with Crippen molar-refractivity contribution in [2.75, 3.05) is 39.8 Å². The maximum absolute atomic E-state index is 11.9. The van der Waals surface area contributed by atoms with Gasteiger partial charge in [0.25, 0.3) is 0 Å². The SMILES string of the molecule is CCNC(=NCCN(C)C(=O)OC(C)(C)C)N1CCC(C)(C)C1. The molecule has 0 unspecified atom stereocenters. The molecule has 6 nitrogen and oxygen atoms in total. The lowest BCUT2D eigenvalue weighted by atomic mass is 9.93. The Morgan fingerprint density at radius 3 is 2.52 bits per heavy atom. The van der Waals surface area contributed by atoms with E-state index in [0.717, 1.165) is 25.6 Å². The van der Waals surface area contributed by atoms with Crippen LogP contribution in [0.3, 0.4) is 0 Å². The summed E-state index contributed by atoms with van der Waals surface area (Å²) >= 11 is 0. The number of carbonyl (C=O) groups excluding carboxylic acids is 1. The second-order valence-electron chi connectivity index (χ2n) is 7.97. The number of nitrogens with one attached hydrogen (secondary N) is 1. The molecule has 0 spiro atoms. The van der Waals surface area contributed by atoms with Gasteiger partial charge in [-0.25, -0.2) is 4.79 Å². The van der Waals surface area contributed by atoms with Crippen molar-refractivity contribution in [3.63, 3.8) is 0 Å². The van der Waals surface area contributed by atoms with Crippen LogP contribution in [0.15, 0.2) is 4.99 Å². The molecule has 0 aromatic carbocycles. The van der Waals surface area contributed by atoms with E-state index in [1.807, 2.05) is 20.8 Å². The number of guanidine groups is 1. The Labute approximate surface area is 141 Å². The summed E-state index contributed by atoms with van der Waals surface area (Å²) < 4.78 is 5.34. The zero-order valence-corrected chi connectivity index (χ0v) is 15.9. The predicted octanol–water partition coefficient (Wildman–Crippen LogP) is 2.55. The van der Waals surface area contributed by atoms with E-state index in [4.69, 9.17) is 4.74 Å². The molecule has 1 fully saturated rings. The average molecular weight is 326 g/mol. The number of nitrogens with zero attached hydrogens (tertiary/aromatic N) is 3. The van der Waals surface area contributed by atoms with Crippen LogP contribution < -0.4 is 5.32 Å². The standard InChI is InChI=1S/C17H34N4O2/c1-8-18-14(21-11-9-17(5,6)13-21)19-10-12-20(7)15(22)23-16(2,3)4/h8-13H2,1-7H3,(H,18,19). The maximum atomic E-state index is 11.9. The van der Waals surface area contributed by atoms with Crippen molar-refractivity contribution < 1.29 is 9.53 Å². The molecule has 0 aromatic heterocycles. The van der Waals surface area contributed by atoms with Gasteiger partial charge >= 0.3 is 6.09 Å². The summed E-state index contributed by atoms with van der Waals surface area (Å²) in [7, 11) is 1.75. The zero-order valence-electron chi connectivity index (χ0n) is 15.9. The topological polar surface area (TPSA) is 57.2 Å². The molecule has 1 amide bonds. The summed E-state index contributed by atoms with van der Waals surface area (Å²) in [4.78, 5) is 20.5. The molecular formula is C17H34N4O2. The second-order valence-corrected chi connectivity index (χ2v) is 7.97. The molecule has 0 radical (unpaired) electrons. The smallest absolute Gasteiger partial charge is 0.410 e. The van der Waals surface area contributed by atoms with Crippen LogP contribution in [0.4, 0.5) is 4.79 Å². The van der Waals surface area contributed by atoms with Crippen LogP contribution in [-0.4, -0.2) is 67.2 Å². The highest BCUT2D eigenvalue weighted by Gasteiger charge is 2.30. The number of carbonyl (C=O) groups is 1. The normalized spacial score (nSPS) is 18.0. The van der Waals surface area contributed by atoms with E-state index in [2.05, 4.69) is 36.0 Å². The lowest BCUT2D eigenvalue weighted by Gasteiger charge is -2.25. The molecule has 1 rings (SSSR count). The van der Waals surface area contributed by atoms with E-state index < -0.39 is 5.60 Å². The minimum Gasteiger partial charge on any atom is -0.444 e. The van der Waals surface area contributed by atoms with E-state index in [-0.39, 0.29) is 6.09 Å². The van der Waals surface area contributed by atoms with Gasteiger partial charge in [-0.05, 0) is 39.5 Å². The van der Waals surface area contributed by atoms with Crippen molar-refractivity contribution >= 4 is 12.1 Å². The number of hydrogen-bond donors (Lipinski definition) is 1. The first kappa shape index (κ1) is 19.6. The summed E-state index contributed by atoms with van der Waals surface area (Å²) in [5.41, 5.74) is -0.131. The van der Waals surface area contributed by atoms with Crippen LogP contribution in [-0.2, 0) is 4.74 Å². The Morgan fingerprint density at radius 2 is 2.04 bits per heavy atom. The third-order valence-corrected chi connectivity index (χ3v) is 3.71. The van der Waals surface area contributed by atoms with Crippen LogP contribution in [0, 0.1) is 5.41 Å². The molecule has 134 valence electrons. The molecule has 1 saturated heterocycles. The van der Waals surface area contributed by atoms with Crippen molar-refractivity contribution in [3.8, 4) is 0 Å². The van der Waals surface area contributed by atoms with Gasteiger partial charge in [-0.15, -0.1) is 0 Å². The third-order valence-electron chi connectivity index (χ3n) is 3.71. The second kappa shape index (κ2) is 7.88. The Hall–Kier alpha value is -1.46. The number of rotatable bonds is 4. The molecule has 0 aromatic rings. The van der Waals surface area contributed by atoms with Crippen molar-refractivity contribution in [1.82, 2.24) is 15.1 Å². The maximum Gasteiger partial charge on any atom is 0.410 e. The molecule has 1 N–H and O–H groups in total. The largest absolute Gasteiger partial charge is 0.444 e. The highest BCUT2D eigenvalue weighted by Crippen LogP contribution is 2.28. The fraction of sp³-hybridized carbons (Fsp3) is 0.882. The van der Waals surface area contributed by atoms with Crippen LogP contribution in [0.1, 0.15) is 48.0 Å². The zero-order chi connectivity index (χ0) is 17.7. The Balaban J connectivity index is 2.53. The monoisotopic (exact) mass is 326 g/mol. The Bertz CT molecular complexity index is 427. The number of likely N-dealkylation sites (tertiary alicyclic amines) is 1. The summed E-state index contributed by atoms with van der Waals surface area (Å²) in [5, 5.41) is 3.34. The minimum absolute atomic E-state index is 0.306. The number of ether oxygens (including phenoxy) is 1. The molecule has 0 bridgehead atoms. The van der Waals surface area contributed by atoms with Crippen LogP contribution in [0.5, 0.6) is 0 Å². The molecule has 1 aliphatic rings.